The van der Waals surface area contributed by atoms with Crippen LogP contribution in [0, 0.1) is 17.8 Å². The molecule has 0 heterocycles. The quantitative estimate of drug-likeness (QED) is 0.0378. The van der Waals surface area contributed by atoms with Gasteiger partial charge in [-0.3, -0.25) is 47.9 Å². The van der Waals surface area contributed by atoms with Crippen LogP contribution in [0.5, 0.6) is 0 Å². The van der Waals surface area contributed by atoms with E-state index in [1.807, 2.05) is 6.92 Å². The Hall–Kier alpha value is -5.59. The minimum atomic E-state index is -1.35. The van der Waals surface area contributed by atoms with Gasteiger partial charge < -0.3 is 66.0 Å². The van der Waals surface area contributed by atoms with Crippen molar-refractivity contribution in [2.24, 2.45) is 17.8 Å². The highest BCUT2D eigenvalue weighted by molar-refractivity contribution is 5.87. The number of hydrogen-bond donors (Lipinski definition) is 9. The third-order valence-corrected chi connectivity index (χ3v) is 13.0. The number of ketones is 2. The number of aliphatic carboxylic acids is 4. The van der Waals surface area contributed by atoms with E-state index in [1.165, 1.54) is 32.1 Å². The topological polar surface area (TPSA) is 366 Å². The van der Waals surface area contributed by atoms with E-state index in [0.29, 0.717) is 19.4 Å². The lowest BCUT2D eigenvalue weighted by atomic mass is 9.95. The van der Waals surface area contributed by atoms with Crippen molar-refractivity contribution in [3.8, 4) is 0 Å². The van der Waals surface area contributed by atoms with Crippen LogP contribution < -0.4 is 26.6 Å². The molecule has 0 radical (unpaired) electrons. The minimum Gasteiger partial charge on any atom is -0.481 e. The summed E-state index contributed by atoms with van der Waals surface area (Å²) in [6, 6.07) is -1.18. The van der Waals surface area contributed by atoms with Crippen molar-refractivity contribution in [1.29, 1.82) is 0 Å². The van der Waals surface area contributed by atoms with Crippen molar-refractivity contribution in [1.82, 2.24) is 26.6 Å². The molecule has 5 amide bonds. The Morgan fingerprint density at radius 1 is 0.392 bits per heavy atom. The summed E-state index contributed by atoms with van der Waals surface area (Å²) >= 11 is 0. The van der Waals surface area contributed by atoms with Gasteiger partial charge in [-0.1, -0.05) is 90.4 Å². The first kappa shape index (κ1) is 73.4. The molecule has 0 spiro atoms. The van der Waals surface area contributed by atoms with Gasteiger partial charge in [0.2, 0.25) is 29.5 Å². The number of nitrogens with one attached hydrogen (secondary N) is 5. The molecule has 0 aromatic carbocycles. The van der Waals surface area contributed by atoms with Gasteiger partial charge in [0.05, 0.1) is 51.5 Å². The molecule has 24 heteroatoms. The number of unbranched alkanes of at least 4 members (excludes halogenated alkanes) is 14. The third kappa shape index (κ3) is 45.9. The van der Waals surface area contributed by atoms with E-state index < -0.39 is 91.3 Å². The first-order chi connectivity index (χ1) is 37.9. The van der Waals surface area contributed by atoms with Crippen molar-refractivity contribution >= 4 is 65.0 Å². The molecule has 0 rings (SSSR count). The van der Waals surface area contributed by atoms with Crippen LogP contribution in [0.2, 0.25) is 0 Å². The van der Waals surface area contributed by atoms with Crippen LogP contribution in [0.15, 0.2) is 0 Å². The maximum atomic E-state index is 12.5. The SMILES string of the molecule is CC[C@@H](CCCCNC(=O)CC[C@H](CC(=O)NC[C@H](CC(=O)COCCOCCNC(=O)COCCOCCNC(=O)CC[C@H](NC(=O)CCCCCCCCCCCCCCCCC(=O)O)C(=O)O)C(=O)O)C(=O)O)C(C)=O. The average Bonchev–Trinajstić information content (AvgIpc) is 3.39. The van der Waals surface area contributed by atoms with Gasteiger partial charge in [-0.05, 0) is 51.9 Å². The number of carbonyl (C=O) groups excluding carboxylic acids is 7. The van der Waals surface area contributed by atoms with Gasteiger partial charge in [-0.15, -0.1) is 0 Å². The maximum absolute atomic E-state index is 12.5. The van der Waals surface area contributed by atoms with Gasteiger partial charge >= 0.3 is 23.9 Å². The molecule has 0 aliphatic carbocycles. The molecule has 0 aliphatic rings. The summed E-state index contributed by atoms with van der Waals surface area (Å²) in [5.41, 5.74) is 0. The molecule has 79 heavy (non-hydrogen) atoms. The molecule has 24 nitrogen and oxygen atoms in total. The summed E-state index contributed by atoms with van der Waals surface area (Å²) in [6.45, 7) is 3.68. The molecule has 454 valence electrons. The standard InChI is InChI=1S/C55H95N5O19/c1-3-42(41(2)61)20-18-19-27-56-47(63)25-23-43(53(70)71)37-50(66)59-38-44(54(72)73)36-45(62)39-78-34-32-77-31-29-58-51(67)40-79-35-33-76-30-28-57-48(64)26-24-46(55(74)75)60-49(65)21-16-14-12-10-8-6-4-5-7-9-11-13-15-17-22-52(68)69/h42-44,46H,3-40H2,1-2H3,(H,56,63)(H,57,64)(H,58,67)(H,59,66)(H,60,65)(H,68,69)(H,70,71)(H,72,73)(H,74,75)/t42-,43+,44-,46-/m0/s1. The first-order valence-electron chi connectivity index (χ1n) is 28.5. The summed E-state index contributed by atoms with van der Waals surface area (Å²) in [6.07, 6.45) is 16.8. The van der Waals surface area contributed by atoms with Crippen molar-refractivity contribution in [2.45, 2.75) is 187 Å². The van der Waals surface area contributed by atoms with Gasteiger partial charge in [0.15, 0.2) is 5.78 Å². The van der Waals surface area contributed by atoms with Crippen LogP contribution in [-0.4, -0.2) is 170 Å². The first-order valence-corrected chi connectivity index (χ1v) is 28.5. The van der Waals surface area contributed by atoms with Crippen molar-refractivity contribution < 1.29 is 92.1 Å². The summed E-state index contributed by atoms with van der Waals surface area (Å²) in [4.78, 5) is 131. The van der Waals surface area contributed by atoms with E-state index in [-0.39, 0.29) is 121 Å². The lowest BCUT2D eigenvalue weighted by Gasteiger charge is -2.15. The van der Waals surface area contributed by atoms with Crippen molar-refractivity contribution in [3.63, 3.8) is 0 Å². The Morgan fingerprint density at radius 2 is 0.873 bits per heavy atom. The molecule has 0 saturated heterocycles. The highest BCUT2D eigenvalue weighted by atomic mass is 16.5. The van der Waals surface area contributed by atoms with Crippen LogP contribution in [0.3, 0.4) is 0 Å². The van der Waals surface area contributed by atoms with Gasteiger partial charge in [-0.2, -0.15) is 0 Å². The molecule has 4 atom stereocenters. The average molecular weight is 1130 g/mol. The van der Waals surface area contributed by atoms with Gasteiger partial charge in [-0.25, -0.2) is 4.79 Å². The molecule has 9 N–H and O–H groups in total. The molecule has 0 fully saturated rings. The monoisotopic (exact) mass is 1130 g/mol. The van der Waals surface area contributed by atoms with Gasteiger partial charge in [0.1, 0.15) is 25.0 Å². The fourth-order valence-corrected chi connectivity index (χ4v) is 8.20. The second-order valence-corrected chi connectivity index (χ2v) is 19.8. The zero-order valence-electron chi connectivity index (χ0n) is 47.1. The Bertz CT molecular complexity index is 1790. The molecule has 0 bridgehead atoms. The lowest BCUT2D eigenvalue weighted by molar-refractivity contribution is -0.146. The van der Waals surface area contributed by atoms with Gasteiger partial charge in [0, 0.05) is 70.6 Å². The van der Waals surface area contributed by atoms with E-state index in [0.717, 1.165) is 70.6 Å². The highest BCUT2D eigenvalue weighted by Gasteiger charge is 2.26. The summed E-state index contributed by atoms with van der Waals surface area (Å²) in [5, 5.41) is 50.2. The fraction of sp³-hybridized carbons (Fsp3) is 0.800. The smallest absolute Gasteiger partial charge is 0.326 e. The van der Waals surface area contributed by atoms with E-state index in [4.69, 9.17) is 24.1 Å². The zero-order chi connectivity index (χ0) is 58.9. The zero-order valence-corrected chi connectivity index (χ0v) is 47.1. The van der Waals surface area contributed by atoms with Crippen LogP contribution in [0.4, 0.5) is 0 Å². The van der Waals surface area contributed by atoms with Crippen LogP contribution in [0.25, 0.3) is 0 Å². The fourth-order valence-electron chi connectivity index (χ4n) is 8.20. The molecule has 0 saturated carbocycles. The number of carboxylic acid groups (broad SMARTS) is 4. The van der Waals surface area contributed by atoms with E-state index in [2.05, 4.69) is 26.6 Å². The Kier molecular flexibility index (Phi) is 46.0. The molecule has 0 aliphatic heterocycles. The van der Waals surface area contributed by atoms with E-state index >= 15 is 0 Å². The number of carbonyl (C=O) groups is 11. The number of ether oxygens (including phenoxy) is 4. The van der Waals surface area contributed by atoms with Crippen LogP contribution in [0.1, 0.15) is 181 Å². The Labute approximate surface area is 466 Å². The second-order valence-electron chi connectivity index (χ2n) is 19.8. The number of carboxylic acids is 4. The van der Waals surface area contributed by atoms with Gasteiger partial charge in [0.25, 0.3) is 0 Å². The van der Waals surface area contributed by atoms with E-state index in [1.54, 1.807) is 6.92 Å². The number of amides is 5. The predicted molar refractivity (Wildman–Crippen MR) is 290 cm³/mol. The summed E-state index contributed by atoms with van der Waals surface area (Å²) < 4.78 is 21.3. The van der Waals surface area contributed by atoms with Crippen LogP contribution >= 0.6 is 0 Å². The van der Waals surface area contributed by atoms with Crippen molar-refractivity contribution in [3.05, 3.63) is 0 Å². The third-order valence-electron chi connectivity index (χ3n) is 13.0. The van der Waals surface area contributed by atoms with Crippen molar-refractivity contribution in [2.75, 3.05) is 79.0 Å². The second kappa shape index (κ2) is 49.5. The largest absolute Gasteiger partial charge is 0.481 e. The van der Waals surface area contributed by atoms with E-state index in [9.17, 15) is 68.1 Å². The number of Topliss-reactive ketones (excluding diaryl/α,β-unsaturated/α-hetero) is 2. The maximum Gasteiger partial charge on any atom is 0.326 e. The number of rotatable bonds is 56. The Balaban J connectivity index is 3.97. The molecular formula is C55H95N5O19. The Morgan fingerprint density at radius 3 is 1.38 bits per heavy atom. The number of hydrogen-bond acceptors (Lipinski definition) is 15. The summed E-state index contributed by atoms with van der Waals surface area (Å²) in [7, 11) is 0. The highest BCUT2D eigenvalue weighted by Crippen LogP contribution is 2.16. The predicted octanol–water partition coefficient (Wildman–Crippen LogP) is 4.51. The lowest BCUT2D eigenvalue weighted by Crippen LogP contribution is -2.41. The molecule has 0 unspecified atom stereocenters. The molecule has 0 aromatic rings. The summed E-state index contributed by atoms with van der Waals surface area (Å²) in [5.74, 6) is -9.74. The molecule has 0 aromatic heterocycles. The molecular weight excluding hydrogens is 1030 g/mol. The normalized spacial score (nSPS) is 12.6. The van der Waals surface area contributed by atoms with Crippen LogP contribution in [-0.2, 0) is 71.7 Å². The minimum absolute atomic E-state index is 0.00471.